The molecule has 15 aromatic carbocycles. The van der Waals surface area contributed by atoms with Crippen molar-refractivity contribution in [3.05, 3.63) is 355 Å². The van der Waals surface area contributed by atoms with E-state index < -0.39 is 33.8 Å². The molecule has 2 aliphatic heterocycles. The van der Waals surface area contributed by atoms with Crippen LogP contribution in [0.15, 0.2) is 327 Å². The Morgan fingerprint density at radius 1 is 0.243 bits per heavy atom. The van der Waals surface area contributed by atoms with Crippen LogP contribution in [0.1, 0.15) is 148 Å². The van der Waals surface area contributed by atoms with E-state index in [4.69, 9.17) is 0 Å². The number of hydrogen-bond donors (Lipinski definition) is 0. The first kappa shape index (κ1) is 60.2. The minimum absolute atomic E-state index is 0.0152. The maximum atomic E-state index is 10.7. The number of benzene rings is 15. The van der Waals surface area contributed by atoms with Crippen molar-refractivity contribution in [2.24, 2.45) is 0 Å². The van der Waals surface area contributed by atoms with Gasteiger partial charge in [-0.1, -0.05) is 358 Å². The van der Waals surface area contributed by atoms with E-state index in [2.05, 4.69) is 249 Å². The lowest BCUT2D eigenvalue weighted by Crippen LogP contribution is -2.61. The van der Waals surface area contributed by atoms with Crippen LogP contribution in [-0.4, -0.2) is 15.8 Å². The standard InChI is InChI=1S/C110H99BN4/c1-106(2,3)78-48-54-89-90-55-49-79(107(4,5)6)63-96(90)112(95(89)62-78)83-52-58-93-99(68-83)114(104-85(72-36-24-18-25-37-72)44-30-45-86(104)73-38-26-19-27-39-73)101-66-82(110(13,14)15)67-102-103(101)111(93)94-59-53-84(113-97-64-80(108(7,8)9)50-56-91(97)92-57-51-81(65-98(92)113)109(10,11)12)69-100(94)115(102)105-87(76-42-28-40-74(60-76)70-32-20-16-21-33-70)46-31-47-88(105)77-43-29-41-75(61-77)71-34-22-17-23-35-71/h16-69H,1-15H3/i48D,49D,50D,51D,54D,55D,56D,57D,62D,63D,64D,65D. The van der Waals surface area contributed by atoms with Crippen molar-refractivity contribution < 1.29 is 16.4 Å². The van der Waals surface area contributed by atoms with Gasteiger partial charge in [0.25, 0.3) is 6.71 Å². The Kier molecular flexibility index (Phi) is 14.2. The summed E-state index contributed by atoms with van der Waals surface area (Å²) < 4.78 is 127. The highest BCUT2D eigenvalue weighted by Crippen LogP contribution is 2.55. The number of rotatable bonds is 10. The molecule has 4 nitrogen and oxygen atoms in total. The van der Waals surface area contributed by atoms with Crippen molar-refractivity contribution in [3.8, 4) is 78.1 Å². The van der Waals surface area contributed by atoms with Crippen LogP contribution in [0.2, 0.25) is 0 Å². The van der Waals surface area contributed by atoms with E-state index in [-0.39, 0.29) is 116 Å². The minimum Gasteiger partial charge on any atom is -0.310 e. The molecule has 0 unspecified atom stereocenters. The summed E-state index contributed by atoms with van der Waals surface area (Å²) in [6.07, 6.45) is 0. The molecule has 0 spiro atoms. The Morgan fingerprint density at radius 2 is 0.522 bits per heavy atom. The van der Waals surface area contributed by atoms with Crippen LogP contribution < -0.4 is 26.2 Å². The maximum absolute atomic E-state index is 10.7. The van der Waals surface area contributed by atoms with Crippen LogP contribution in [0.4, 0.5) is 34.1 Å². The van der Waals surface area contributed by atoms with Gasteiger partial charge in [-0.3, -0.25) is 0 Å². The third kappa shape index (κ3) is 12.5. The second-order valence-corrected chi connectivity index (χ2v) is 36.4. The highest BCUT2D eigenvalue weighted by molar-refractivity contribution is 7.00. The average Bonchev–Trinajstić information content (AvgIpc) is 1.66. The molecule has 0 amide bonds. The van der Waals surface area contributed by atoms with Gasteiger partial charge in [0, 0.05) is 77.9 Å². The number of nitrogens with zero attached hydrogens (tertiary/aromatic N) is 4. The smallest absolute Gasteiger partial charge is 0.252 e. The van der Waals surface area contributed by atoms with Crippen molar-refractivity contribution in [2.75, 3.05) is 9.80 Å². The van der Waals surface area contributed by atoms with E-state index in [0.717, 1.165) is 123 Å². The first-order valence-corrected chi connectivity index (χ1v) is 40.2. The van der Waals surface area contributed by atoms with Crippen LogP contribution in [-0.2, 0) is 27.1 Å². The second kappa shape index (κ2) is 27.1. The topological polar surface area (TPSA) is 16.3 Å². The summed E-state index contributed by atoms with van der Waals surface area (Å²) in [4.78, 5) is 4.91. The van der Waals surface area contributed by atoms with Crippen molar-refractivity contribution in [1.29, 1.82) is 0 Å². The zero-order valence-electron chi connectivity index (χ0n) is 80.1. The monoisotopic (exact) mass is 1500 g/mol. The summed E-state index contributed by atoms with van der Waals surface area (Å²) >= 11 is 0. The fraction of sp³-hybridized carbons (Fsp3) is 0.182. The normalized spacial score (nSPS) is 14.6. The Bertz CT molecular complexity index is 7150. The molecule has 115 heavy (non-hydrogen) atoms. The molecular weight excluding hydrogens is 1390 g/mol. The predicted octanol–water partition coefficient (Wildman–Crippen LogP) is 28.5. The largest absolute Gasteiger partial charge is 0.310 e. The molecule has 0 fully saturated rings. The summed E-state index contributed by atoms with van der Waals surface area (Å²) in [6, 6.07) is 88.5. The molecule has 0 bridgehead atoms. The molecule has 0 atom stereocenters. The van der Waals surface area contributed by atoms with Gasteiger partial charge < -0.3 is 18.9 Å². The van der Waals surface area contributed by atoms with Crippen LogP contribution in [0, 0.1) is 0 Å². The lowest BCUT2D eigenvalue weighted by atomic mass is 9.33. The Morgan fingerprint density at radius 3 is 0.835 bits per heavy atom. The third-order valence-electron chi connectivity index (χ3n) is 23.2. The minimum atomic E-state index is -0.838. The summed E-state index contributed by atoms with van der Waals surface area (Å²) in [5.41, 5.74) is 19.4. The van der Waals surface area contributed by atoms with Crippen LogP contribution >= 0.6 is 0 Å². The van der Waals surface area contributed by atoms with E-state index in [1.807, 2.05) is 129 Å². The van der Waals surface area contributed by atoms with Gasteiger partial charge >= 0.3 is 0 Å². The molecule has 0 aliphatic carbocycles. The van der Waals surface area contributed by atoms with Gasteiger partial charge in [0.15, 0.2) is 0 Å². The van der Waals surface area contributed by atoms with Crippen LogP contribution in [0.5, 0.6) is 0 Å². The molecule has 2 aromatic heterocycles. The number of fused-ring (bicyclic) bond motifs is 10. The lowest BCUT2D eigenvalue weighted by molar-refractivity contribution is 0.590. The van der Waals surface area contributed by atoms with Gasteiger partial charge in [0.2, 0.25) is 0 Å². The molecule has 2 aliphatic rings. The van der Waals surface area contributed by atoms with Gasteiger partial charge in [-0.2, -0.15) is 0 Å². The predicted molar refractivity (Wildman–Crippen MR) is 495 cm³/mol. The first-order chi connectivity index (χ1) is 60.3. The molecule has 4 heterocycles. The average molecular weight is 1500 g/mol. The fourth-order valence-corrected chi connectivity index (χ4v) is 17.1. The second-order valence-electron chi connectivity index (χ2n) is 36.4. The number of anilines is 6. The summed E-state index contributed by atoms with van der Waals surface area (Å²) in [7, 11) is 0. The van der Waals surface area contributed by atoms with Crippen LogP contribution in [0.3, 0.4) is 0 Å². The highest BCUT2D eigenvalue weighted by Gasteiger charge is 2.47. The molecule has 0 saturated heterocycles. The van der Waals surface area contributed by atoms with Crippen molar-refractivity contribution in [2.45, 2.75) is 131 Å². The molecular formula is C110H99BN4. The molecule has 562 valence electrons. The summed E-state index contributed by atoms with van der Waals surface area (Å²) in [6.45, 7) is 29.4. The van der Waals surface area contributed by atoms with E-state index in [1.54, 1.807) is 0 Å². The molecule has 0 N–H and O–H groups in total. The summed E-state index contributed by atoms with van der Waals surface area (Å²) in [5.74, 6) is 0. The maximum Gasteiger partial charge on any atom is 0.252 e. The van der Waals surface area contributed by atoms with Gasteiger partial charge in [0.05, 0.1) is 49.9 Å². The quantitative estimate of drug-likeness (QED) is 0.127. The third-order valence-corrected chi connectivity index (χ3v) is 23.2. The Labute approximate surface area is 696 Å². The van der Waals surface area contributed by atoms with Crippen molar-refractivity contribution in [3.63, 3.8) is 0 Å². The highest BCUT2D eigenvalue weighted by atomic mass is 15.2. The van der Waals surface area contributed by atoms with Crippen molar-refractivity contribution >= 4 is 101 Å². The molecule has 17 aromatic rings. The Hall–Kier alpha value is -12.4. The van der Waals surface area contributed by atoms with E-state index >= 15 is 0 Å². The zero-order valence-corrected chi connectivity index (χ0v) is 68.1. The zero-order chi connectivity index (χ0) is 89.8. The molecule has 5 heteroatoms. The van der Waals surface area contributed by atoms with Crippen LogP contribution in [0.25, 0.3) is 122 Å². The molecule has 0 radical (unpaired) electrons. The van der Waals surface area contributed by atoms with E-state index in [0.29, 0.717) is 33.6 Å². The molecule has 0 saturated carbocycles. The van der Waals surface area contributed by atoms with Gasteiger partial charge in [0.1, 0.15) is 0 Å². The van der Waals surface area contributed by atoms with E-state index in [9.17, 15) is 16.4 Å². The SMILES string of the molecule is [2H]c1c(C(C)(C)C)c([2H])c2c(c1[2H])c1c([2H])c([2H])c(C(C)(C)C)c([2H])c1n2-c1ccc2c(c1)N(c1c(-c3ccccc3)cccc1-c1ccccc1)c1cc(C(C)(C)C)cc3c1B2c1ccc(-n2c4c([2H])c(C(C)(C)C)c([2H])c([2H])c4c4c([2H])c([2H])c(C(C)(C)C)c([2H])c42)cc1N3c1c(-c2cccc(-c3ccccc3)c2)cccc1-c1cccc(-c2ccccc2)c1. The van der Waals surface area contributed by atoms with Gasteiger partial charge in [-0.05, 0) is 188 Å². The van der Waals surface area contributed by atoms with Gasteiger partial charge in [-0.25, -0.2) is 0 Å². The number of hydrogen-bond acceptors (Lipinski definition) is 2. The number of aromatic nitrogens is 2. The van der Waals surface area contributed by atoms with E-state index in [1.165, 1.54) is 0 Å². The Balaban J connectivity index is 1.04. The molecule has 19 rings (SSSR count). The van der Waals surface area contributed by atoms with Gasteiger partial charge in [-0.15, -0.1) is 0 Å². The first-order valence-electron chi connectivity index (χ1n) is 46.2. The fourth-order valence-electron chi connectivity index (χ4n) is 17.1. The van der Waals surface area contributed by atoms with Crippen molar-refractivity contribution in [1.82, 2.24) is 9.13 Å². The number of para-hydroxylation sites is 2. The summed E-state index contributed by atoms with van der Waals surface area (Å²) in [5, 5.41) is 0.610. The lowest BCUT2D eigenvalue weighted by Gasteiger charge is -2.46.